The Kier molecular flexibility index (Phi) is 6.33. The SMILES string of the molecule is O=C(NCc1ccc(OCC(F)(F)F)cc1)C1CCN(c2cnccn2)CC1. The summed E-state index contributed by atoms with van der Waals surface area (Å²) in [7, 11) is 0. The second kappa shape index (κ2) is 8.90. The minimum Gasteiger partial charge on any atom is -0.484 e. The maximum atomic E-state index is 12.4. The van der Waals surface area contributed by atoms with Crippen LogP contribution in [0, 0.1) is 5.92 Å². The molecule has 0 atom stereocenters. The summed E-state index contributed by atoms with van der Waals surface area (Å²) in [6.07, 6.45) is 2.07. The van der Waals surface area contributed by atoms with Crippen LogP contribution in [0.5, 0.6) is 5.75 Å². The lowest BCUT2D eigenvalue weighted by Gasteiger charge is -2.31. The fourth-order valence-electron chi connectivity index (χ4n) is 3.03. The summed E-state index contributed by atoms with van der Waals surface area (Å²) in [5.74, 6) is 0.872. The van der Waals surface area contributed by atoms with Crippen LogP contribution < -0.4 is 15.0 Å². The number of nitrogens with one attached hydrogen (secondary N) is 1. The predicted octanol–water partition coefficient (Wildman–Crippen LogP) is 2.95. The fraction of sp³-hybridized carbons (Fsp3) is 0.421. The fourth-order valence-corrected chi connectivity index (χ4v) is 3.03. The lowest BCUT2D eigenvalue weighted by Crippen LogP contribution is -2.40. The van der Waals surface area contributed by atoms with Crippen molar-refractivity contribution < 1.29 is 22.7 Å². The van der Waals surface area contributed by atoms with Crippen molar-refractivity contribution in [3.8, 4) is 5.75 Å². The number of rotatable bonds is 6. The Morgan fingerprint density at radius 2 is 1.89 bits per heavy atom. The van der Waals surface area contributed by atoms with Crippen molar-refractivity contribution in [1.29, 1.82) is 0 Å². The van der Waals surface area contributed by atoms with Crippen molar-refractivity contribution in [2.24, 2.45) is 5.92 Å². The highest BCUT2D eigenvalue weighted by Crippen LogP contribution is 2.22. The summed E-state index contributed by atoms with van der Waals surface area (Å²) >= 11 is 0. The van der Waals surface area contributed by atoms with Crippen LogP contribution >= 0.6 is 0 Å². The van der Waals surface area contributed by atoms with E-state index in [0.29, 0.717) is 6.54 Å². The lowest BCUT2D eigenvalue weighted by atomic mass is 9.96. The summed E-state index contributed by atoms with van der Waals surface area (Å²) in [5.41, 5.74) is 0.796. The zero-order chi connectivity index (χ0) is 20.0. The number of aromatic nitrogens is 2. The topological polar surface area (TPSA) is 67.3 Å². The number of ether oxygens (including phenoxy) is 1. The van der Waals surface area contributed by atoms with Crippen LogP contribution in [0.3, 0.4) is 0 Å². The van der Waals surface area contributed by atoms with Crippen LogP contribution in [0.4, 0.5) is 19.0 Å². The van der Waals surface area contributed by atoms with Gasteiger partial charge < -0.3 is 15.0 Å². The molecule has 1 N–H and O–H groups in total. The van der Waals surface area contributed by atoms with Crippen molar-refractivity contribution in [3.63, 3.8) is 0 Å². The number of hydrogen-bond donors (Lipinski definition) is 1. The third-order valence-electron chi connectivity index (χ3n) is 4.53. The number of carbonyl (C=O) groups excluding carboxylic acids is 1. The first-order valence-electron chi connectivity index (χ1n) is 8.98. The zero-order valence-electron chi connectivity index (χ0n) is 15.2. The van der Waals surface area contributed by atoms with E-state index in [1.165, 1.54) is 12.1 Å². The minimum absolute atomic E-state index is 0.0174. The van der Waals surface area contributed by atoms with Gasteiger partial charge in [0.15, 0.2) is 6.61 Å². The second-order valence-corrected chi connectivity index (χ2v) is 6.59. The highest BCUT2D eigenvalue weighted by atomic mass is 19.4. The molecule has 2 aromatic rings. The van der Waals surface area contributed by atoms with E-state index < -0.39 is 12.8 Å². The van der Waals surface area contributed by atoms with Crippen molar-refractivity contribution in [3.05, 3.63) is 48.4 Å². The molecule has 0 unspecified atom stereocenters. The number of nitrogens with zero attached hydrogens (tertiary/aromatic N) is 3. The Balaban J connectivity index is 1.42. The first-order valence-corrected chi connectivity index (χ1v) is 8.98. The Bertz CT molecular complexity index is 761. The molecule has 1 fully saturated rings. The Labute approximate surface area is 160 Å². The van der Waals surface area contributed by atoms with Gasteiger partial charge in [-0.2, -0.15) is 13.2 Å². The highest BCUT2D eigenvalue weighted by Gasteiger charge is 2.28. The number of benzene rings is 1. The van der Waals surface area contributed by atoms with Gasteiger partial charge in [0.05, 0.1) is 6.20 Å². The van der Waals surface area contributed by atoms with Crippen molar-refractivity contribution in [2.75, 3.05) is 24.6 Å². The van der Waals surface area contributed by atoms with Gasteiger partial charge >= 0.3 is 6.18 Å². The number of piperidine rings is 1. The molecule has 0 radical (unpaired) electrons. The number of anilines is 1. The molecule has 150 valence electrons. The van der Waals surface area contributed by atoms with E-state index in [1.54, 1.807) is 30.7 Å². The second-order valence-electron chi connectivity index (χ2n) is 6.59. The molecule has 1 aromatic carbocycles. The molecule has 1 amide bonds. The molecule has 1 aromatic heterocycles. The molecule has 3 rings (SSSR count). The molecule has 1 aliphatic rings. The van der Waals surface area contributed by atoms with Gasteiger partial charge in [-0.15, -0.1) is 0 Å². The van der Waals surface area contributed by atoms with Crippen LogP contribution in [0.25, 0.3) is 0 Å². The molecular formula is C19H21F3N4O2. The summed E-state index contributed by atoms with van der Waals surface area (Å²) in [5, 5.41) is 2.89. The van der Waals surface area contributed by atoms with Gasteiger partial charge in [0.25, 0.3) is 0 Å². The van der Waals surface area contributed by atoms with Crippen LogP contribution in [0.1, 0.15) is 18.4 Å². The molecular weight excluding hydrogens is 373 g/mol. The summed E-state index contributed by atoms with van der Waals surface area (Å²) in [4.78, 5) is 22.8. The predicted molar refractivity (Wildman–Crippen MR) is 96.8 cm³/mol. The molecule has 28 heavy (non-hydrogen) atoms. The Morgan fingerprint density at radius 1 is 1.18 bits per heavy atom. The smallest absolute Gasteiger partial charge is 0.422 e. The zero-order valence-corrected chi connectivity index (χ0v) is 15.2. The van der Waals surface area contributed by atoms with E-state index in [-0.39, 0.29) is 17.6 Å². The van der Waals surface area contributed by atoms with E-state index >= 15 is 0 Å². The minimum atomic E-state index is -4.37. The molecule has 9 heteroatoms. The average Bonchev–Trinajstić information content (AvgIpc) is 2.71. The van der Waals surface area contributed by atoms with E-state index in [1.807, 2.05) is 0 Å². The molecule has 0 bridgehead atoms. The molecule has 0 saturated carbocycles. The summed E-state index contributed by atoms with van der Waals surface area (Å²) in [6, 6.07) is 6.21. The standard InChI is InChI=1S/C19H21F3N4O2/c20-19(21,22)13-28-16-3-1-14(2-4-16)11-25-18(27)15-5-9-26(10-6-15)17-12-23-7-8-24-17/h1-4,7-8,12,15H,5-6,9-11,13H2,(H,25,27). The average molecular weight is 394 g/mol. The Hall–Kier alpha value is -2.84. The van der Waals surface area contributed by atoms with E-state index in [4.69, 9.17) is 0 Å². The number of amides is 1. The van der Waals surface area contributed by atoms with Gasteiger partial charge in [-0.1, -0.05) is 12.1 Å². The third kappa shape index (κ3) is 5.83. The monoisotopic (exact) mass is 394 g/mol. The van der Waals surface area contributed by atoms with Crippen LogP contribution in [0.15, 0.2) is 42.9 Å². The van der Waals surface area contributed by atoms with Gasteiger partial charge in [-0.05, 0) is 30.5 Å². The highest BCUT2D eigenvalue weighted by molar-refractivity contribution is 5.79. The van der Waals surface area contributed by atoms with Crippen molar-refractivity contribution in [2.45, 2.75) is 25.6 Å². The molecule has 1 saturated heterocycles. The van der Waals surface area contributed by atoms with E-state index in [9.17, 15) is 18.0 Å². The van der Waals surface area contributed by atoms with E-state index in [0.717, 1.165) is 37.3 Å². The van der Waals surface area contributed by atoms with Gasteiger partial charge in [-0.3, -0.25) is 9.78 Å². The number of carbonyl (C=O) groups is 1. The number of alkyl halides is 3. The van der Waals surface area contributed by atoms with Crippen molar-refractivity contribution in [1.82, 2.24) is 15.3 Å². The first kappa shape index (κ1) is 19.9. The number of hydrogen-bond acceptors (Lipinski definition) is 5. The van der Waals surface area contributed by atoms with Crippen LogP contribution in [0.2, 0.25) is 0 Å². The molecule has 1 aliphatic heterocycles. The Morgan fingerprint density at radius 3 is 2.50 bits per heavy atom. The molecule has 0 aliphatic carbocycles. The molecule has 6 nitrogen and oxygen atoms in total. The summed E-state index contributed by atoms with van der Waals surface area (Å²) < 4.78 is 41.1. The van der Waals surface area contributed by atoms with Crippen LogP contribution in [-0.4, -0.2) is 41.7 Å². The maximum Gasteiger partial charge on any atom is 0.422 e. The third-order valence-corrected chi connectivity index (χ3v) is 4.53. The van der Waals surface area contributed by atoms with Crippen molar-refractivity contribution >= 4 is 11.7 Å². The lowest BCUT2D eigenvalue weighted by molar-refractivity contribution is -0.153. The summed E-state index contributed by atoms with van der Waals surface area (Å²) in [6.45, 7) is 0.475. The van der Waals surface area contributed by atoms with Gasteiger partial charge in [-0.25, -0.2) is 4.98 Å². The van der Waals surface area contributed by atoms with Gasteiger partial charge in [0.1, 0.15) is 11.6 Å². The number of halogens is 3. The maximum absolute atomic E-state index is 12.4. The first-order chi connectivity index (χ1) is 13.4. The van der Waals surface area contributed by atoms with Gasteiger partial charge in [0.2, 0.25) is 5.91 Å². The quantitative estimate of drug-likeness (QED) is 0.816. The molecule has 0 spiro atoms. The van der Waals surface area contributed by atoms with Crippen LogP contribution in [-0.2, 0) is 11.3 Å². The van der Waals surface area contributed by atoms with Gasteiger partial charge in [0, 0.05) is 37.9 Å². The largest absolute Gasteiger partial charge is 0.484 e. The van der Waals surface area contributed by atoms with E-state index in [2.05, 4.69) is 24.9 Å². The normalized spacial score (nSPS) is 15.3. The molecule has 2 heterocycles.